The van der Waals surface area contributed by atoms with E-state index in [0.717, 1.165) is 0 Å². The van der Waals surface area contributed by atoms with Gasteiger partial charge in [0.25, 0.3) is 5.91 Å². The molecule has 1 N–H and O–H groups in total. The number of carbonyl (C=O) groups excluding carboxylic acids is 3. The third kappa shape index (κ3) is 5.76. The first-order chi connectivity index (χ1) is 10.5. The number of hydrogen-bond donors (Lipinski definition) is 1. The average molecular weight is 392 g/mol. The Morgan fingerprint density at radius 1 is 1.27 bits per heavy atom. The molecular weight excluding hydrogens is 374 g/mol. The molecule has 1 amide bonds. The largest absolute Gasteiger partial charge is 0.466 e. The third-order valence-electron chi connectivity index (χ3n) is 2.64. The van der Waals surface area contributed by atoms with Crippen molar-refractivity contribution in [3.8, 4) is 0 Å². The number of hydrogen-bond acceptors (Lipinski definition) is 6. The predicted octanol–water partition coefficient (Wildman–Crippen LogP) is 2.52. The lowest BCUT2D eigenvalue weighted by molar-refractivity contribution is -0.146. The lowest BCUT2D eigenvalue weighted by Crippen LogP contribution is -2.42. The van der Waals surface area contributed by atoms with Crippen LogP contribution in [0.2, 0.25) is 0 Å². The van der Waals surface area contributed by atoms with Crippen LogP contribution < -0.4 is 5.32 Å². The number of nitrogens with one attached hydrogen (secondary N) is 1. The average Bonchev–Trinajstić information content (AvgIpc) is 2.90. The minimum absolute atomic E-state index is 0.0310. The van der Waals surface area contributed by atoms with Gasteiger partial charge < -0.3 is 14.8 Å². The Kier molecular flexibility index (Phi) is 8.11. The van der Waals surface area contributed by atoms with E-state index in [4.69, 9.17) is 9.47 Å². The summed E-state index contributed by atoms with van der Waals surface area (Å²) in [5.41, 5.74) is 0. The molecule has 0 spiro atoms. The highest BCUT2D eigenvalue weighted by Crippen LogP contribution is 2.22. The molecule has 122 valence electrons. The first-order valence-electron chi connectivity index (χ1n) is 6.85. The Morgan fingerprint density at radius 3 is 2.50 bits per heavy atom. The van der Waals surface area contributed by atoms with E-state index in [0.29, 0.717) is 9.35 Å². The molecule has 0 aliphatic rings. The van der Waals surface area contributed by atoms with Gasteiger partial charge in [-0.2, -0.15) is 0 Å². The van der Waals surface area contributed by atoms with E-state index >= 15 is 0 Å². The summed E-state index contributed by atoms with van der Waals surface area (Å²) < 4.78 is 10.4. The monoisotopic (exact) mass is 391 g/mol. The maximum Gasteiger partial charge on any atom is 0.328 e. The van der Waals surface area contributed by atoms with Crippen molar-refractivity contribution in [2.75, 3.05) is 13.2 Å². The second kappa shape index (κ2) is 9.58. The number of esters is 2. The first kappa shape index (κ1) is 18.6. The van der Waals surface area contributed by atoms with Gasteiger partial charge in [0.2, 0.25) is 0 Å². The number of thiophene rings is 1. The highest BCUT2D eigenvalue weighted by molar-refractivity contribution is 9.10. The third-order valence-corrected chi connectivity index (χ3v) is 4.48. The number of rotatable bonds is 8. The summed E-state index contributed by atoms with van der Waals surface area (Å²) >= 11 is 4.52. The molecule has 1 aromatic rings. The summed E-state index contributed by atoms with van der Waals surface area (Å²) in [5, 5.41) is 4.36. The van der Waals surface area contributed by atoms with E-state index in [1.807, 2.05) is 0 Å². The van der Waals surface area contributed by atoms with Crippen molar-refractivity contribution >= 4 is 45.1 Å². The van der Waals surface area contributed by atoms with Crippen LogP contribution in [-0.2, 0) is 19.1 Å². The zero-order chi connectivity index (χ0) is 16.5. The van der Waals surface area contributed by atoms with Crippen molar-refractivity contribution in [3.05, 3.63) is 20.8 Å². The summed E-state index contributed by atoms with van der Waals surface area (Å²) in [6.45, 7) is 3.86. The highest BCUT2D eigenvalue weighted by Gasteiger charge is 2.25. The van der Waals surface area contributed by atoms with Gasteiger partial charge in [-0.3, -0.25) is 9.59 Å². The summed E-state index contributed by atoms with van der Waals surface area (Å²) in [4.78, 5) is 35.9. The van der Waals surface area contributed by atoms with Crippen LogP contribution in [-0.4, -0.2) is 37.1 Å². The van der Waals surface area contributed by atoms with E-state index in [1.54, 1.807) is 25.3 Å². The normalized spacial score (nSPS) is 11.6. The second-order valence-electron chi connectivity index (χ2n) is 4.22. The summed E-state index contributed by atoms with van der Waals surface area (Å²) in [7, 11) is 0. The molecule has 6 nitrogen and oxygen atoms in total. The first-order valence-corrected chi connectivity index (χ1v) is 8.52. The van der Waals surface area contributed by atoms with Gasteiger partial charge >= 0.3 is 11.9 Å². The maximum absolute atomic E-state index is 12.2. The molecule has 1 unspecified atom stereocenters. The number of amides is 1. The predicted molar refractivity (Wildman–Crippen MR) is 85.8 cm³/mol. The van der Waals surface area contributed by atoms with Gasteiger partial charge in [-0.05, 0) is 47.6 Å². The topological polar surface area (TPSA) is 81.7 Å². The van der Waals surface area contributed by atoms with Crippen LogP contribution >= 0.6 is 27.3 Å². The van der Waals surface area contributed by atoms with Crippen molar-refractivity contribution in [1.82, 2.24) is 5.32 Å². The van der Waals surface area contributed by atoms with Crippen LogP contribution in [0.15, 0.2) is 15.9 Å². The minimum atomic E-state index is -0.883. The molecule has 0 aliphatic heterocycles. The van der Waals surface area contributed by atoms with E-state index in [9.17, 15) is 14.4 Å². The van der Waals surface area contributed by atoms with Crippen molar-refractivity contribution in [1.29, 1.82) is 0 Å². The van der Waals surface area contributed by atoms with Crippen molar-refractivity contribution < 1.29 is 23.9 Å². The van der Waals surface area contributed by atoms with Crippen LogP contribution in [0.3, 0.4) is 0 Å². The van der Waals surface area contributed by atoms with Gasteiger partial charge in [0, 0.05) is 10.9 Å². The fourth-order valence-corrected chi connectivity index (χ4v) is 3.12. The van der Waals surface area contributed by atoms with Crippen LogP contribution in [0, 0.1) is 0 Å². The molecule has 0 saturated heterocycles. The Labute approximate surface area is 141 Å². The molecule has 0 bridgehead atoms. The van der Waals surface area contributed by atoms with E-state index in [2.05, 4.69) is 21.2 Å². The van der Waals surface area contributed by atoms with Gasteiger partial charge in [-0.15, -0.1) is 11.3 Å². The van der Waals surface area contributed by atoms with Gasteiger partial charge in [0.1, 0.15) is 10.9 Å². The lowest BCUT2D eigenvalue weighted by Gasteiger charge is -2.16. The Balaban J connectivity index is 2.69. The molecule has 0 aliphatic carbocycles. The van der Waals surface area contributed by atoms with E-state index in [1.165, 1.54) is 11.3 Å². The summed E-state index contributed by atoms with van der Waals surface area (Å²) in [6.07, 6.45) is 0.162. The molecule has 1 aromatic heterocycles. The lowest BCUT2D eigenvalue weighted by atomic mass is 10.1. The zero-order valence-electron chi connectivity index (χ0n) is 12.4. The molecule has 0 saturated carbocycles. The van der Waals surface area contributed by atoms with Crippen LogP contribution in [0.25, 0.3) is 0 Å². The molecule has 1 rings (SSSR count). The zero-order valence-corrected chi connectivity index (χ0v) is 14.8. The van der Waals surface area contributed by atoms with Crippen LogP contribution in [0.1, 0.15) is 36.4 Å². The molecular formula is C14H18BrNO5S. The number of carbonyl (C=O) groups is 3. The molecule has 1 atom stereocenters. The van der Waals surface area contributed by atoms with Crippen molar-refractivity contribution in [2.45, 2.75) is 32.7 Å². The van der Waals surface area contributed by atoms with Crippen LogP contribution in [0.5, 0.6) is 0 Å². The maximum atomic E-state index is 12.2. The van der Waals surface area contributed by atoms with Crippen molar-refractivity contribution in [2.24, 2.45) is 0 Å². The number of halogens is 1. The van der Waals surface area contributed by atoms with Gasteiger partial charge in [0.15, 0.2) is 0 Å². The highest BCUT2D eigenvalue weighted by atomic mass is 79.9. The molecule has 0 radical (unpaired) electrons. The second-order valence-corrected chi connectivity index (χ2v) is 5.99. The minimum Gasteiger partial charge on any atom is -0.466 e. The summed E-state index contributed by atoms with van der Waals surface area (Å²) in [6, 6.07) is 0.864. The fraction of sp³-hybridized carbons (Fsp3) is 0.500. The fourth-order valence-electron chi connectivity index (χ4n) is 1.67. The van der Waals surface area contributed by atoms with E-state index in [-0.39, 0.29) is 32.0 Å². The van der Waals surface area contributed by atoms with Crippen LogP contribution in [0.4, 0.5) is 0 Å². The molecule has 0 fully saturated rings. The van der Waals surface area contributed by atoms with Gasteiger partial charge in [0.05, 0.1) is 13.2 Å². The SMILES string of the molecule is CCOC(=O)CCC(NC(=O)c1sccc1Br)C(=O)OCC. The quantitative estimate of drug-likeness (QED) is 0.688. The Hall–Kier alpha value is -1.41. The summed E-state index contributed by atoms with van der Waals surface area (Å²) in [5.74, 6) is -1.36. The molecule has 0 aromatic carbocycles. The Bertz CT molecular complexity index is 531. The molecule has 8 heteroatoms. The standard InChI is InChI=1S/C14H18BrNO5S/c1-3-20-11(17)6-5-10(14(19)21-4-2)16-13(18)12-9(15)7-8-22-12/h7-8,10H,3-6H2,1-2H3,(H,16,18). The van der Waals surface area contributed by atoms with Crippen molar-refractivity contribution in [3.63, 3.8) is 0 Å². The smallest absolute Gasteiger partial charge is 0.328 e. The molecule has 1 heterocycles. The Morgan fingerprint density at radius 2 is 1.95 bits per heavy atom. The molecule has 22 heavy (non-hydrogen) atoms. The van der Waals surface area contributed by atoms with Gasteiger partial charge in [-0.1, -0.05) is 0 Å². The van der Waals surface area contributed by atoms with Gasteiger partial charge in [-0.25, -0.2) is 4.79 Å². The van der Waals surface area contributed by atoms with E-state index < -0.39 is 18.0 Å². The number of ether oxygens (including phenoxy) is 2.